The Morgan fingerprint density at radius 2 is 2.13 bits per heavy atom. The fourth-order valence-electron chi connectivity index (χ4n) is 2.57. The molecule has 6 nitrogen and oxygen atoms in total. The molecule has 1 fully saturated rings. The van der Waals surface area contributed by atoms with Gasteiger partial charge in [-0.2, -0.15) is 0 Å². The van der Waals surface area contributed by atoms with E-state index < -0.39 is 0 Å². The van der Waals surface area contributed by atoms with Crippen LogP contribution in [0, 0.1) is 0 Å². The number of hydrogen-bond donors (Lipinski definition) is 1. The second-order valence-corrected chi connectivity index (χ2v) is 6.59. The Morgan fingerprint density at radius 1 is 1.39 bits per heavy atom. The van der Waals surface area contributed by atoms with Gasteiger partial charge in [-0.1, -0.05) is 13.8 Å². The maximum Gasteiger partial charge on any atom is 0.270 e. The van der Waals surface area contributed by atoms with Gasteiger partial charge >= 0.3 is 0 Å². The van der Waals surface area contributed by atoms with E-state index in [9.17, 15) is 4.79 Å². The Balaban J connectivity index is 1.70. The molecule has 1 aromatic rings. The minimum Gasteiger partial charge on any atom is -0.379 e. The van der Waals surface area contributed by atoms with E-state index in [1.54, 1.807) is 11.3 Å². The Bertz CT molecular complexity index is 470. The van der Waals surface area contributed by atoms with E-state index in [0.29, 0.717) is 12.2 Å². The number of nitrogens with one attached hydrogen (secondary N) is 1. The molecule has 0 atom stereocenters. The minimum atomic E-state index is -0.0611. The molecule has 1 amide bonds. The molecule has 1 saturated heterocycles. The highest BCUT2D eigenvalue weighted by Crippen LogP contribution is 2.13. The van der Waals surface area contributed by atoms with E-state index in [2.05, 4.69) is 33.9 Å². The van der Waals surface area contributed by atoms with Gasteiger partial charge in [-0.15, -0.1) is 11.3 Å². The van der Waals surface area contributed by atoms with Crippen LogP contribution in [0.25, 0.3) is 0 Å². The topological polar surface area (TPSA) is 57.7 Å². The molecule has 1 aromatic heterocycles. The molecule has 0 radical (unpaired) electrons. The summed E-state index contributed by atoms with van der Waals surface area (Å²) in [6.45, 7) is 12.4. The van der Waals surface area contributed by atoms with Crippen LogP contribution in [0.2, 0.25) is 0 Å². The van der Waals surface area contributed by atoms with E-state index in [-0.39, 0.29) is 5.91 Å². The van der Waals surface area contributed by atoms with Crippen molar-refractivity contribution < 1.29 is 9.53 Å². The van der Waals surface area contributed by atoms with Crippen LogP contribution in [-0.4, -0.2) is 73.2 Å². The second kappa shape index (κ2) is 9.97. The Kier molecular flexibility index (Phi) is 7.94. The third-order valence-electron chi connectivity index (χ3n) is 4.08. The van der Waals surface area contributed by atoms with Gasteiger partial charge in [-0.25, -0.2) is 4.98 Å². The molecular formula is C16H28N4O2S. The first kappa shape index (κ1) is 18.3. The summed E-state index contributed by atoms with van der Waals surface area (Å²) < 4.78 is 5.34. The van der Waals surface area contributed by atoms with Gasteiger partial charge in [-0.05, 0) is 26.1 Å². The number of rotatable bonds is 9. The number of aromatic nitrogens is 1. The molecular weight excluding hydrogens is 312 g/mol. The maximum atomic E-state index is 12.1. The fraction of sp³-hybridized carbons (Fsp3) is 0.750. The lowest BCUT2D eigenvalue weighted by molar-refractivity contribution is 0.0341. The largest absolute Gasteiger partial charge is 0.379 e. The van der Waals surface area contributed by atoms with Gasteiger partial charge in [0, 0.05) is 25.0 Å². The highest BCUT2D eigenvalue weighted by atomic mass is 32.1. The summed E-state index contributed by atoms with van der Waals surface area (Å²) in [7, 11) is 0. The molecule has 0 spiro atoms. The molecule has 0 bridgehead atoms. The van der Waals surface area contributed by atoms with Crippen LogP contribution in [0.1, 0.15) is 35.8 Å². The molecule has 1 aliphatic rings. The average Bonchev–Trinajstić information content (AvgIpc) is 3.04. The summed E-state index contributed by atoms with van der Waals surface area (Å²) in [6, 6.07) is 0. The second-order valence-electron chi connectivity index (χ2n) is 5.65. The van der Waals surface area contributed by atoms with Crippen molar-refractivity contribution >= 4 is 17.2 Å². The summed E-state index contributed by atoms with van der Waals surface area (Å²) in [5.41, 5.74) is 0.543. The summed E-state index contributed by atoms with van der Waals surface area (Å²) >= 11 is 1.56. The van der Waals surface area contributed by atoms with Crippen molar-refractivity contribution in [3.05, 3.63) is 16.1 Å². The zero-order chi connectivity index (χ0) is 16.5. The summed E-state index contributed by atoms with van der Waals surface area (Å²) in [5, 5.41) is 5.82. The van der Waals surface area contributed by atoms with Gasteiger partial charge in [-0.3, -0.25) is 9.69 Å². The molecule has 0 saturated carbocycles. The van der Waals surface area contributed by atoms with Crippen molar-refractivity contribution in [2.75, 3.05) is 52.5 Å². The van der Waals surface area contributed by atoms with Crippen molar-refractivity contribution in [3.8, 4) is 0 Å². The number of morpholine rings is 1. The van der Waals surface area contributed by atoms with Gasteiger partial charge in [0.15, 0.2) is 0 Å². The van der Waals surface area contributed by atoms with Crippen molar-refractivity contribution in [2.45, 2.75) is 26.8 Å². The monoisotopic (exact) mass is 340 g/mol. The van der Waals surface area contributed by atoms with E-state index in [1.807, 2.05) is 5.38 Å². The minimum absolute atomic E-state index is 0.0611. The molecule has 2 rings (SSSR count). The molecule has 130 valence electrons. The fourth-order valence-corrected chi connectivity index (χ4v) is 3.39. The number of amides is 1. The smallest absolute Gasteiger partial charge is 0.270 e. The molecule has 0 aliphatic carbocycles. The van der Waals surface area contributed by atoms with Crippen LogP contribution >= 0.6 is 11.3 Å². The first-order valence-electron chi connectivity index (χ1n) is 8.48. The predicted molar refractivity (Wildman–Crippen MR) is 92.9 cm³/mol. The molecule has 1 N–H and O–H groups in total. The lowest BCUT2D eigenvalue weighted by Gasteiger charge is -2.25. The van der Waals surface area contributed by atoms with Crippen molar-refractivity contribution in [2.24, 2.45) is 0 Å². The number of hydrogen-bond acceptors (Lipinski definition) is 6. The number of ether oxygens (including phenoxy) is 1. The Hall–Kier alpha value is -1.02. The van der Waals surface area contributed by atoms with Gasteiger partial charge in [0.25, 0.3) is 5.91 Å². The van der Waals surface area contributed by atoms with Gasteiger partial charge in [0.2, 0.25) is 0 Å². The van der Waals surface area contributed by atoms with Crippen molar-refractivity contribution in [1.82, 2.24) is 20.1 Å². The van der Waals surface area contributed by atoms with E-state index in [0.717, 1.165) is 63.9 Å². The van der Waals surface area contributed by atoms with Crippen LogP contribution in [0.4, 0.5) is 0 Å². The van der Waals surface area contributed by atoms with Gasteiger partial charge in [0.05, 0.1) is 19.8 Å². The molecule has 0 unspecified atom stereocenters. The zero-order valence-electron chi connectivity index (χ0n) is 14.2. The van der Waals surface area contributed by atoms with Gasteiger partial charge in [0.1, 0.15) is 10.7 Å². The quantitative estimate of drug-likeness (QED) is 0.689. The molecule has 0 aromatic carbocycles. The molecule has 1 aliphatic heterocycles. The average molecular weight is 340 g/mol. The van der Waals surface area contributed by atoms with Crippen molar-refractivity contribution in [3.63, 3.8) is 0 Å². The van der Waals surface area contributed by atoms with E-state index in [4.69, 9.17) is 4.74 Å². The van der Waals surface area contributed by atoms with Crippen molar-refractivity contribution in [1.29, 1.82) is 0 Å². The lowest BCUT2D eigenvalue weighted by Crippen LogP contribution is -2.35. The van der Waals surface area contributed by atoms with Crippen LogP contribution < -0.4 is 5.32 Å². The summed E-state index contributed by atoms with van der Waals surface area (Å²) in [6.07, 6.45) is 0.970. The number of thiazole rings is 1. The van der Waals surface area contributed by atoms with Gasteiger partial charge < -0.3 is 15.0 Å². The maximum absolute atomic E-state index is 12.1. The standard InChI is InChI=1S/C16H28N4O2S/c1-3-19(4-2)7-5-6-17-16(21)14-13-23-15(18-14)12-20-8-10-22-11-9-20/h13H,3-12H2,1-2H3,(H,17,21). The van der Waals surface area contributed by atoms with Crippen LogP contribution in [-0.2, 0) is 11.3 Å². The first-order chi connectivity index (χ1) is 11.2. The highest BCUT2D eigenvalue weighted by molar-refractivity contribution is 7.09. The molecule has 23 heavy (non-hydrogen) atoms. The normalized spacial score (nSPS) is 16.0. The Labute approximate surface area is 142 Å². The Morgan fingerprint density at radius 3 is 2.83 bits per heavy atom. The predicted octanol–water partition coefficient (Wildman–Crippen LogP) is 1.44. The summed E-state index contributed by atoms with van der Waals surface area (Å²) in [4.78, 5) is 21.3. The lowest BCUT2D eigenvalue weighted by atomic mass is 10.3. The third-order valence-corrected chi connectivity index (χ3v) is 4.91. The number of carbonyl (C=O) groups excluding carboxylic acids is 1. The number of carbonyl (C=O) groups is 1. The van der Waals surface area contributed by atoms with Crippen LogP contribution in [0.15, 0.2) is 5.38 Å². The molecule has 2 heterocycles. The first-order valence-corrected chi connectivity index (χ1v) is 9.36. The van der Waals surface area contributed by atoms with E-state index >= 15 is 0 Å². The highest BCUT2D eigenvalue weighted by Gasteiger charge is 2.15. The zero-order valence-corrected chi connectivity index (χ0v) is 15.0. The molecule has 7 heteroatoms. The van der Waals surface area contributed by atoms with Crippen LogP contribution in [0.3, 0.4) is 0 Å². The van der Waals surface area contributed by atoms with Crippen LogP contribution in [0.5, 0.6) is 0 Å². The number of nitrogens with zero attached hydrogens (tertiary/aromatic N) is 3. The SMILES string of the molecule is CCN(CC)CCCNC(=O)c1csc(CN2CCOCC2)n1. The summed E-state index contributed by atoms with van der Waals surface area (Å²) in [5.74, 6) is -0.0611. The third kappa shape index (κ3) is 6.18. The van der Waals surface area contributed by atoms with E-state index in [1.165, 1.54) is 0 Å².